The molecular weight excluding hydrogens is 442 g/mol. The fourth-order valence-electron chi connectivity index (χ4n) is 4.87. The van der Waals surface area contributed by atoms with E-state index in [1.54, 1.807) is 16.2 Å². The minimum atomic E-state index is -3.10. The van der Waals surface area contributed by atoms with Gasteiger partial charge >= 0.3 is 0 Å². The quantitative estimate of drug-likeness (QED) is 0.564. The summed E-state index contributed by atoms with van der Waals surface area (Å²) in [6, 6.07) is 17.4. The maximum atomic E-state index is 13.6. The molecule has 8 heteroatoms. The lowest BCUT2D eigenvalue weighted by atomic mass is 10.0. The predicted molar refractivity (Wildman–Crippen MR) is 129 cm³/mol. The number of fused-ring (bicyclic) bond motifs is 1. The fourth-order valence-corrected chi connectivity index (χ4v) is 7.71. The Bertz CT molecular complexity index is 1180. The molecule has 0 radical (unpaired) electrons. The van der Waals surface area contributed by atoms with E-state index in [1.165, 1.54) is 4.70 Å². The van der Waals surface area contributed by atoms with E-state index in [2.05, 4.69) is 11.0 Å². The van der Waals surface area contributed by atoms with Crippen LogP contribution in [-0.4, -0.2) is 54.8 Å². The van der Waals surface area contributed by atoms with Crippen molar-refractivity contribution in [2.75, 3.05) is 29.5 Å². The van der Waals surface area contributed by atoms with Crippen LogP contribution in [0.5, 0.6) is 0 Å². The minimum absolute atomic E-state index is 0.0358. The second-order valence-corrected chi connectivity index (χ2v) is 11.9. The van der Waals surface area contributed by atoms with Gasteiger partial charge in [0, 0.05) is 5.69 Å². The summed E-state index contributed by atoms with van der Waals surface area (Å²) >= 11 is 1.71. The number of sulfone groups is 1. The Morgan fingerprint density at radius 1 is 1.06 bits per heavy atom. The molecule has 2 aliphatic heterocycles. The highest BCUT2D eigenvalue weighted by molar-refractivity contribution is 7.91. The second kappa shape index (κ2) is 8.92. The molecule has 0 saturated carbocycles. The molecule has 5 rings (SSSR count). The van der Waals surface area contributed by atoms with Crippen LogP contribution < -0.4 is 4.90 Å². The van der Waals surface area contributed by atoms with Crippen molar-refractivity contribution in [3.8, 4) is 0 Å². The maximum Gasteiger partial charge on any atom is 0.241 e. The summed E-state index contributed by atoms with van der Waals surface area (Å²) in [7, 11) is -3.10. The largest absolute Gasteiger partial charge is 0.307 e. The third-order valence-electron chi connectivity index (χ3n) is 6.42. The van der Waals surface area contributed by atoms with Gasteiger partial charge in [0.25, 0.3) is 0 Å². The number of para-hydroxylation sites is 2. The van der Waals surface area contributed by atoms with Crippen molar-refractivity contribution in [2.24, 2.45) is 0 Å². The molecule has 0 aliphatic carbocycles. The molecule has 0 unspecified atom stereocenters. The number of aromatic nitrogens is 1. The SMILES string of the molecule is O=C(CN1CCCC[C@@H]1c1nc2ccccc2s1)N(c1ccccc1)[C@H]1CCS(=O)(=O)C1. The Kier molecular flexibility index (Phi) is 6.01. The summed E-state index contributed by atoms with van der Waals surface area (Å²) in [6.45, 7) is 1.12. The molecule has 2 atom stereocenters. The maximum absolute atomic E-state index is 13.6. The molecule has 0 spiro atoms. The third kappa shape index (κ3) is 4.44. The van der Waals surface area contributed by atoms with Crippen LogP contribution in [0.4, 0.5) is 5.69 Å². The first kappa shape index (κ1) is 21.6. The number of amides is 1. The van der Waals surface area contributed by atoms with E-state index in [-0.39, 0.29) is 36.0 Å². The molecule has 0 bridgehead atoms. The van der Waals surface area contributed by atoms with Gasteiger partial charge in [-0.25, -0.2) is 13.4 Å². The van der Waals surface area contributed by atoms with Crippen LogP contribution in [0.1, 0.15) is 36.7 Å². The zero-order chi connectivity index (χ0) is 22.1. The monoisotopic (exact) mass is 469 g/mol. The predicted octanol–water partition coefficient (Wildman–Crippen LogP) is 4.04. The lowest BCUT2D eigenvalue weighted by Crippen LogP contribution is -2.48. The third-order valence-corrected chi connectivity index (χ3v) is 9.31. The summed E-state index contributed by atoms with van der Waals surface area (Å²) in [5.41, 5.74) is 1.78. The fraction of sp³-hybridized carbons (Fsp3) is 0.417. The van der Waals surface area contributed by atoms with E-state index in [1.807, 2.05) is 48.5 Å². The van der Waals surface area contributed by atoms with Gasteiger partial charge in [0.2, 0.25) is 5.91 Å². The topological polar surface area (TPSA) is 70.6 Å². The Morgan fingerprint density at radius 2 is 1.84 bits per heavy atom. The van der Waals surface area contributed by atoms with Crippen molar-refractivity contribution in [1.29, 1.82) is 0 Å². The zero-order valence-corrected chi connectivity index (χ0v) is 19.5. The van der Waals surface area contributed by atoms with Gasteiger partial charge in [0.1, 0.15) is 5.01 Å². The molecule has 0 N–H and O–H groups in total. The number of likely N-dealkylation sites (tertiary alicyclic amines) is 1. The lowest BCUT2D eigenvalue weighted by Gasteiger charge is -2.36. The van der Waals surface area contributed by atoms with Crippen molar-refractivity contribution < 1.29 is 13.2 Å². The number of thiazole rings is 1. The number of piperidine rings is 1. The van der Waals surface area contributed by atoms with Crippen molar-refractivity contribution in [2.45, 2.75) is 37.8 Å². The second-order valence-electron chi connectivity index (χ2n) is 8.66. The smallest absolute Gasteiger partial charge is 0.241 e. The van der Waals surface area contributed by atoms with Gasteiger partial charge < -0.3 is 4.90 Å². The Morgan fingerprint density at radius 3 is 2.59 bits per heavy atom. The van der Waals surface area contributed by atoms with Gasteiger partial charge in [-0.2, -0.15) is 0 Å². The van der Waals surface area contributed by atoms with Gasteiger partial charge in [-0.1, -0.05) is 36.8 Å². The highest BCUT2D eigenvalue weighted by Crippen LogP contribution is 2.36. The Labute approximate surface area is 192 Å². The molecule has 168 valence electrons. The van der Waals surface area contributed by atoms with E-state index in [0.29, 0.717) is 6.42 Å². The molecule has 3 aromatic rings. The van der Waals surface area contributed by atoms with E-state index < -0.39 is 9.84 Å². The molecule has 2 aliphatic rings. The van der Waals surface area contributed by atoms with E-state index in [0.717, 1.165) is 42.0 Å². The summed E-state index contributed by atoms with van der Waals surface area (Å²) in [5.74, 6) is 0.146. The first-order valence-electron chi connectivity index (χ1n) is 11.2. The number of anilines is 1. The number of nitrogens with zero attached hydrogens (tertiary/aromatic N) is 3. The average molecular weight is 470 g/mol. The van der Waals surface area contributed by atoms with Crippen molar-refractivity contribution in [3.05, 3.63) is 59.6 Å². The first-order chi connectivity index (χ1) is 15.5. The summed E-state index contributed by atoms with van der Waals surface area (Å²) in [6.07, 6.45) is 3.65. The van der Waals surface area contributed by atoms with Gasteiger partial charge in [-0.3, -0.25) is 9.69 Å². The molecule has 2 fully saturated rings. The van der Waals surface area contributed by atoms with Gasteiger partial charge in [-0.05, 0) is 50.1 Å². The molecule has 6 nitrogen and oxygen atoms in total. The van der Waals surface area contributed by atoms with Crippen LogP contribution >= 0.6 is 11.3 Å². The normalized spacial score (nSPS) is 23.4. The highest BCUT2D eigenvalue weighted by Gasteiger charge is 2.37. The van der Waals surface area contributed by atoms with Gasteiger partial charge in [0.05, 0.1) is 40.4 Å². The summed E-state index contributed by atoms with van der Waals surface area (Å²) in [4.78, 5) is 22.5. The molecule has 32 heavy (non-hydrogen) atoms. The number of hydrogen-bond acceptors (Lipinski definition) is 6. The van der Waals surface area contributed by atoms with Gasteiger partial charge in [0.15, 0.2) is 9.84 Å². The molecule has 2 saturated heterocycles. The highest BCUT2D eigenvalue weighted by atomic mass is 32.2. The molecule has 2 aromatic carbocycles. The van der Waals surface area contributed by atoms with Crippen LogP contribution in [0, 0.1) is 0 Å². The van der Waals surface area contributed by atoms with E-state index in [4.69, 9.17) is 4.98 Å². The number of hydrogen-bond donors (Lipinski definition) is 0. The van der Waals surface area contributed by atoms with E-state index in [9.17, 15) is 13.2 Å². The van der Waals surface area contributed by atoms with Crippen LogP contribution in [0.2, 0.25) is 0 Å². The number of benzene rings is 2. The zero-order valence-electron chi connectivity index (χ0n) is 17.9. The number of carbonyl (C=O) groups is 1. The molecule has 1 amide bonds. The van der Waals surface area contributed by atoms with Crippen molar-refractivity contribution in [3.63, 3.8) is 0 Å². The Balaban J connectivity index is 1.41. The van der Waals surface area contributed by atoms with Crippen molar-refractivity contribution in [1.82, 2.24) is 9.88 Å². The van der Waals surface area contributed by atoms with E-state index >= 15 is 0 Å². The van der Waals surface area contributed by atoms with Crippen LogP contribution in [-0.2, 0) is 14.6 Å². The molecule has 3 heterocycles. The van der Waals surface area contributed by atoms with Crippen LogP contribution in [0.3, 0.4) is 0 Å². The number of carbonyl (C=O) groups excluding carboxylic acids is 1. The molecular formula is C24H27N3O3S2. The standard InChI is InChI=1S/C24H27N3O3S2/c28-23(27(18-8-2-1-3-9-18)19-13-15-32(29,30)17-19)16-26-14-7-6-11-21(26)24-25-20-10-4-5-12-22(20)31-24/h1-5,8-10,12,19,21H,6-7,11,13-17H2/t19-,21+/m0/s1. The minimum Gasteiger partial charge on any atom is -0.307 e. The van der Waals surface area contributed by atoms with Crippen LogP contribution in [0.25, 0.3) is 10.2 Å². The summed E-state index contributed by atoms with van der Waals surface area (Å²) in [5, 5.41) is 1.06. The number of rotatable bonds is 5. The first-order valence-corrected chi connectivity index (χ1v) is 13.8. The van der Waals surface area contributed by atoms with Gasteiger partial charge in [-0.15, -0.1) is 11.3 Å². The summed E-state index contributed by atoms with van der Waals surface area (Å²) < 4.78 is 25.5. The average Bonchev–Trinajstić information content (AvgIpc) is 3.38. The molecule has 1 aromatic heterocycles. The lowest BCUT2D eigenvalue weighted by molar-refractivity contribution is -0.121. The van der Waals surface area contributed by atoms with Crippen molar-refractivity contribution >= 4 is 43.0 Å². The van der Waals surface area contributed by atoms with Crippen LogP contribution in [0.15, 0.2) is 54.6 Å². The Hall–Kier alpha value is -2.29.